The second kappa shape index (κ2) is 9.60. The van der Waals surface area contributed by atoms with Crippen molar-refractivity contribution in [1.82, 2.24) is 0 Å². The summed E-state index contributed by atoms with van der Waals surface area (Å²) in [7, 11) is 0. The van der Waals surface area contributed by atoms with Crippen LogP contribution in [0.1, 0.15) is 40.0 Å². The molecule has 2 aromatic heterocycles. The zero-order chi connectivity index (χ0) is 21.0. The molecule has 0 atom stereocenters. The summed E-state index contributed by atoms with van der Waals surface area (Å²) in [4.78, 5) is 24.8. The highest BCUT2D eigenvalue weighted by Crippen LogP contribution is 2.36. The van der Waals surface area contributed by atoms with Gasteiger partial charge >= 0.3 is 5.97 Å². The van der Waals surface area contributed by atoms with Crippen LogP contribution in [0.2, 0.25) is 0 Å². The Balaban J connectivity index is 1.81. The van der Waals surface area contributed by atoms with E-state index in [-0.39, 0.29) is 16.3 Å². The van der Waals surface area contributed by atoms with Crippen molar-refractivity contribution < 1.29 is 23.8 Å². The average molecular weight is 543 g/mol. The third kappa shape index (κ3) is 5.29. The topological polar surface area (TPSA) is 88.8 Å². The summed E-state index contributed by atoms with van der Waals surface area (Å²) in [6, 6.07) is 10.6. The number of carboxylic acids is 1. The summed E-state index contributed by atoms with van der Waals surface area (Å²) in [6.45, 7) is 2.76. The van der Waals surface area contributed by atoms with E-state index in [4.69, 9.17) is 9.15 Å². The molecule has 0 radical (unpaired) electrons. The Kier molecular flexibility index (Phi) is 7.15. The lowest BCUT2D eigenvalue weighted by Gasteiger charge is -2.05. The molecule has 0 fully saturated rings. The number of rotatable bonds is 8. The second-order valence-corrected chi connectivity index (χ2v) is 8.70. The molecule has 6 nitrogen and oxygen atoms in total. The monoisotopic (exact) mass is 541 g/mol. The normalized spacial score (nSPS) is 10.7. The lowest BCUT2D eigenvalue weighted by molar-refractivity contribution is 0.0703. The lowest BCUT2D eigenvalue weighted by Crippen LogP contribution is -2.12. The molecule has 0 unspecified atom stereocenters. The predicted octanol–water partition coefficient (Wildman–Crippen LogP) is 6.66. The van der Waals surface area contributed by atoms with Gasteiger partial charge in [0.2, 0.25) is 0 Å². The summed E-state index contributed by atoms with van der Waals surface area (Å²) in [6.07, 6.45) is 2.05. The van der Waals surface area contributed by atoms with Crippen LogP contribution in [0.5, 0.6) is 5.75 Å². The van der Waals surface area contributed by atoms with E-state index in [1.165, 1.54) is 6.07 Å². The minimum atomic E-state index is -1.11. The highest BCUT2D eigenvalue weighted by Gasteiger charge is 2.21. The van der Waals surface area contributed by atoms with E-state index in [2.05, 4.69) is 44.1 Å². The molecule has 0 spiro atoms. The Morgan fingerprint density at radius 2 is 1.93 bits per heavy atom. The van der Waals surface area contributed by atoms with Gasteiger partial charge in [-0.15, -0.1) is 11.3 Å². The van der Waals surface area contributed by atoms with Crippen molar-refractivity contribution in [3.8, 4) is 16.2 Å². The summed E-state index contributed by atoms with van der Waals surface area (Å²) in [5.74, 6) is -0.832. The first-order valence-corrected chi connectivity index (χ1v) is 11.2. The molecule has 9 heteroatoms. The number of carbonyl (C=O) groups excluding carboxylic acids is 1. The molecule has 2 heterocycles. The van der Waals surface area contributed by atoms with Gasteiger partial charge in [0.1, 0.15) is 10.6 Å². The summed E-state index contributed by atoms with van der Waals surface area (Å²) < 4.78 is 11.9. The Morgan fingerprint density at radius 1 is 1.21 bits per heavy atom. The largest absolute Gasteiger partial charge is 0.494 e. The number of anilines is 1. The molecule has 0 bridgehead atoms. The van der Waals surface area contributed by atoms with Gasteiger partial charge in [0, 0.05) is 10.9 Å². The Labute approximate surface area is 188 Å². The number of amides is 1. The van der Waals surface area contributed by atoms with E-state index < -0.39 is 11.9 Å². The van der Waals surface area contributed by atoms with Crippen LogP contribution < -0.4 is 10.1 Å². The number of benzene rings is 1. The zero-order valence-corrected chi connectivity index (χ0v) is 19.3. The number of unbranched alkanes of at least 4 members (excludes halogenated alkanes) is 1. The molecular weight excluding hydrogens is 526 g/mol. The third-order valence-corrected chi connectivity index (χ3v) is 6.83. The number of ether oxygens (including phenoxy) is 1. The fraction of sp³-hybridized carbons (Fsp3) is 0.200. The van der Waals surface area contributed by atoms with E-state index in [1.54, 1.807) is 6.07 Å². The molecule has 1 aromatic carbocycles. The molecule has 3 aromatic rings. The van der Waals surface area contributed by atoms with Crippen molar-refractivity contribution in [2.75, 3.05) is 11.9 Å². The molecule has 0 aliphatic rings. The van der Waals surface area contributed by atoms with E-state index in [9.17, 15) is 14.7 Å². The highest BCUT2D eigenvalue weighted by atomic mass is 79.9. The first kappa shape index (κ1) is 21.6. The van der Waals surface area contributed by atoms with Gasteiger partial charge in [-0.2, -0.15) is 0 Å². The van der Waals surface area contributed by atoms with Gasteiger partial charge in [0.05, 0.1) is 16.8 Å². The molecule has 0 saturated carbocycles. The highest BCUT2D eigenvalue weighted by molar-refractivity contribution is 9.13. The smallest absolute Gasteiger partial charge is 0.348 e. The Morgan fingerprint density at radius 3 is 2.52 bits per heavy atom. The summed E-state index contributed by atoms with van der Waals surface area (Å²) in [5, 5.41) is 12.1. The van der Waals surface area contributed by atoms with E-state index in [0.717, 1.165) is 40.4 Å². The molecule has 0 aliphatic heterocycles. The molecule has 29 heavy (non-hydrogen) atoms. The molecule has 152 valence electrons. The van der Waals surface area contributed by atoms with Gasteiger partial charge in [-0.1, -0.05) is 13.3 Å². The minimum Gasteiger partial charge on any atom is -0.494 e. The van der Waals surface area contributed by atoms with Crippen molar-refractivity contribution in [2.24, 2.45) is 0 Å². The maximum Gasteiger partial charge on any atom is 0.348 e. The number of nitrogens with one attached hydrogen (secondary N) is 1. The standard InChI is InChI=1S/C20H17Br2NO5S/c1-2-3-8-27-12-6-4-11(5-7-12)16-10-14(17(29-16)20(25)26)23-19(24)15-9-13(21)18(22)28-15/h4-7,9-10H,2-3,8H2,1H3,(H,23,24)(H,25,26). The zero-order valence-electron chi connectivity index (χ0n) is 15.3. The van der Waals surface area contributed by atoms with Crippen LogP contribution in [-0.2, 0) is 0 Å². The van der Waals surface area contributed by atoms with Crippen LogP contribution in [-0.4, -0.2) is 23.6 Å². The van der Waals surface area contributed by atoms with E-state index in [1.807, 2.05) is 24.3 Å². The van der Waals surface area contributed by atoms with Crippen molar-refractivity contribution in [2.45, 2.75) is 19.8 Å². The SMILES string of the molecule is CCCCOc1ccc(-c2cc(NC(=O)c3cc(Br)c(Br)o3)c(C(=O)O)s2)cc1. The van der Waals surface area contributed by atoms with Crippen LogP contribution >= 0.6 is 43.2 Å². The van der Waals surface area contributed by atoms with Gasteiger partial charge in [0.25, 0.3) is 5.91 Å². The molecule has 1 amide bonds. The van der Waals surface area contributed by atoms with E-state index >= 15 is 0 Å². The quantitative estimate of drug-likeness (QED) is 0.310. The van der Waals surface area contributed by atoms with Crippen LogP contribution in [0.25, 0.3) is 10.4 Å². The van der Waals surface area contributed by atoms with Crippen LogP contribution in [0.15, 0.2) is 50.0 Å². The molecule has 2 N–H and O–H groups in total. The first-order chi connectivity index (χ1) is 13.9. The van der Waals surface area contributed by atoms with Crippen molar-refractivity contribution in [3.63, 3.8) is 0 Å². The van der Waals surface area contributed by atoms with Crippen molar-refractivity contribution >= 4 is 60.8 Å². The maximum absolute atomic E-state index is 12.4. The Hall–Kier alpha value is -2.10. The molecule has 0 aliphatic carbocycles. The average Bonchev–Trinajstić information content (AvgIpc) is 3.26. The number of hydrogen-bond acceptors (Lipinski definition) is 5. The fourth-order valence-electron chi connectivity index (χ4n) is 2.48. The first-order valence-electron chi connectivity index (χ1n) is 8.75. The van der Waals surface area contributed by atoms with Gasteiger partial charge < -0.3 is 19.6 Å². The number of aromatic carboxylic acids is 1. The number of furan rings is 1. The van der Waals surface area contributed by atoms with Gasteiger partial charge in [-0.3, -0.25) is 4.79 Å². The number of halogens is 2. The number of hydrogen-bond donors (Lipinski definition) is 2. The maximum atomic E-state index is 12.4. The number of thiophene rings is 1. The minimum absolute atomic E-state index is 0.0429. The molecule has 3 rings (SSSR count). The van der Waals surface area contributed by atoms with Crippen molar-refractivity contribution in [1.29, 1.82) is 0 Å². The van der Waals surface area contributed by atoms with Crippen LogP contribution in [0.4, 0.5) is 5.69 Å². The van der Waals surface area contributed by atoms with Gasteiger partial charge in [-0.25, -0.2) is 4.79 Å². The van der Waals surface area contributed by atoms with E-state index in [0.29, 0.717) is 15.7 Å². The lowest BCUT2D eigenvalue weighted by atomic mass is 10.2. The van der Waals surface area contributed by atoms with Crippen LogP contribution in [0.3, 0.4) is 0 Å². The molecular formula is C20H17Br2NO5S. The van der Waals surface area contributed by atoms with Gasteiger partial charge in [-0.05, 0) is 74.2 Å². The number of carbonyl (C=O) groups is 2. The fourth-order valence-corrected chi connectivity index (χ4v) is 4.01. The second-order valence-electron chi connectivity index (χ2n) is 6.07. The Bertz CT molecular complexity index is 1010. The van der Waals surface area contributed by atoms with Gasteiger partial charge in [0.15, 0.2) is 10.4 Å². The summed E-state index contributed by atoms with van der Waals surface area (Å²) >= 11 is 7.51. The number of carboxylic acid groups (broad SMARTS) is 1. The van der Waals surface area contributed by atoms with Crippen molar-refractivity contribution in [3.05, 3.63) is 56.2 Å². The molecule has 0 saturated heterocycles. The van der Waals surface area contributed by atoms with Crippen LogP contribution in [0, 0.1) is 0 Å². The summed E-state index contributed by atoms with van der Waals surface area (Å²) in [5.41, 5.74) is 1.05. The predicted molar refractivity (Wildman–Crippen MR) is 119 cm³/mol. The third-order valence-electron chi connectivity index (χ3n) is 3.95.